The minimum absolute atomic E-state index is 0.00959. The minimum Gasteiger partial charge on any atom is -0.489 e. The van der Waals surface area contributed by atoms with E-state index in [2.05, 4.69) is 6.07 Å². The Morgan fingerprint density at radius 2 is 1.69 bits per heavy atom. The Morgan fingerprint density at radius 3 is 2.41 bits per heavy atom. The molecule has 0 saturated carbocycles. The highest BCUT2D eigenvalue weighted by Gasteiger charge is 2.10. The predicted molar refractivity (Wildman–Crippen MR) is 104 cm³/mol. The van der Waals surface area contributed by atoms with Crippen LogP contribution in [0.2, 0.25) is 0 Å². The van der Waals surface area contributed by atoms with E-state index in [1.54, 1.807) is 30.3 Å². The Hall–Kier alpha value is -4.11. The van der Waals surface area contributed by atoms with Gasteiger partial charge >= 0.3 is 0 Å². The summed E-state index contributed by atoms with van der Waals surface area (Å²) < 4.78 is 29.8. The van der Waals surface area contributed by atoms with Crippen LogP contribution >= 0.6 is 0 Å². The molecule has 0 aliphatic rings. The van der Waals surface area contributed by atoms with Gasteiger partial charge in [0.1, 0.15) is 35.8 Å². The monoisotopic (exact) mass is 387 g/mol. The maximum Gasteiger partial charge on any atom is 0.235 e. The van der Waals surface area contributed by atoms with E-state index in [0.29, 0.717) is 34.6 Å². The topological polar surface area (TPSA) is 72.5 Å². The maximum atomic E-state index is 13.0. The van der Waals surface area contributed by atoms with E-state index >= 15 is 0 Å². The van der Waals surface area contributed by atoms with Crippen molar-refractivity contribution in [3.63, 3.8) is 0 Å². The molecule has 0 radical (unpaired) electrons. The Kier molecular flexibility index (Phi) is 4.95. The standard InChI is InChI=1S/C23H14FNO4/c24-17-5-7-18(8-6-17)29-22-14-28-21-11-19(9-10-20(21)23(22)26)27-13-16-3-1-15(12-25)2-4-16/h1-11,14H,13H2. The molecule has 3 aromatic carbocycles. The van der Waals surface area contributed by atoms with Crippen LogP contribution in [0.3, 0.4) is 0 Å². The van der Waals surface area contributed by atoms with Gasteiger partial charge in [0.2, 0.25) is 11.2 Å². The van der Waals surface area contributed by atoms with Crippen LogP contribution in [-0.4, -0.2) is 0 Å². The number of rotatable bonds is 5. The molecule has 0 amide bonds. The highest BCUT2D eigenvalue weighted by molar-refractivity contribution is 5.79. The smallest absolute Gasteiger partial charge is 0.235 e. The van der Waals surface area contributed by atoms with Crippen molar-refractivity contribution in [3.05, 3.63) is 100 Å². The Bertz CT molecular complexity index is 1260. The summed E-state index contributed by atoms with van der Waals surface area (Å²) in [5.41, 5.74) is 1.52. The zero-order valence-corrected chi connectivity index (χ0v) is 15.1. The summed E-state index contributed by atoms with van der Waals surface area (Å²) in [6.07, 6.45) is 1.22. The molecule has 0 fully saturated rings. The fraction of sp³-hybridized carbons (Fsp3) is 0.0435. The third-order valence-corrected chi connectivity index (χ3v) is 4.24. The summed E-state index contributed by atoms with van der Waals surface area (Å²) in [6, 6.07) is 19.4. The fourth-order valence-electron chi connectivity index (χ4n) is 2.72. The molecular weight excluding hydrogens is 373 g/mol. The quantitative estimate of drug-likeness (QED) is 0.472. The average molecular weight is 387 g/mol. The summed E-state index contributed by atoms with van der Waals surface area (Å²) >= 11 is 0. The molecule has 6 heteroatoms. The summed E-state index contributed by atoms with van der Waals surface area (Å²) in [5, 5.41) is 9.17. The van der Waals surface area contributed by atoms with Gasteiger partial charge in [0.15, 0.2) is 0 Å². The highest BCUT2D eigenvalue weighted by Crippen LogP contribution is 2.24. The number of fused-ring (bicyclic) bond motifs is 1. The molecule has 1 aromatic heterocycles. The van der Waals surface area contributed by atoms with E-state index < -0.39 is 5.82 Å². The van der Waals surface area contributed by atoms with Crippen molar-refractivity contribution in [3.8, 4) is 23.3 Å². The summed E-state index contributed by atoms with van der Waals surface area (Å²) in [6.45, 7) is 0.313. The van der Waals surface area contributed by atoms with Gasteiger partial charge in [-0.3, -0.25) is 4.79 Å². The minimum atomic E-state index is -0.392. The Balaban J connectivity index is 1.52. The molecule has 0 unspecified atom stereocenters. The van der Waals surface area contributed by atoms with Crippen LogP contribution < -0.4 is 14.9 Å². The number of nitrogens with zero attached hydrogens (tertiary/aromatic N) is 1. The van der Waals surface area contributed by atoms with Crippen molar-refractivity contribution in [2.75, 3.05) is 0 Å². The normalized spacial score (nSPS) is 10.5. The van der Waals surface area contributed by atoms with Gasteiger partial charge in [-0.25, -0.2) is 4.39 Å². The second-order valence-electron chi connectivity index (χ2n) is 6.24. The molecule has 0 bridgehead atoms. The molecule has 29 heavy (non-hydrogen) atoms. The third-order valence-electron chi connectivity index (χ3n) is 4.24. The van der Waals surface area contributed by atoms with Gasteiger partial charge < -0.3 is 13.9 Å². The first kappa shape index (κ1) is 18.3. The first-order valence-electron chi connectivity index (χ1n) is 8.73. The lowest BCUT2D eigenvalue weighted by molar-refractivity contribution is 0.306. The zero-order valence-electron chi connectivity index (χ0n) is 15.1. The van der Waals surface area contributed by atoms with E-state index in [1.807, 2.05) is 12.1 Å². The first-order chi connectivity index (χ1) is 14.1. The van der Waals surface area contributed by atoms with Gasteiger partial charge in [0.05, 0.1) is 17.0 Å². The fourth-order valence-corrected chi connectivity index (χ4v) is 2.72. The van der Waals surface area contributed by atoms with E-state index in [1.165, 1.54) is 30.5 Å². The van der Waals surface area contributed by atoms with Crippen molar-refractivity contribution in [2.45, 2.75) is 6.61 Å². The molecule has 0 saturated heterocycles. The largest absolute Gasteiger partial charge is 0.489 e. The van der Waals surface area contributed by atoms with E-state index in [0.717, 1.165) is 5.56 Å². The molecule has 0 spiro atoms. The van der Waals surface area contributed by atoms with Crippen molar-refractivity contribution in [1.29, 1.82) is 5.26 Å². The van der Waals surface area contributed by atoms with Crippen LogP contribution in [0.5, 0.6) is 17.2 Å². The Labute approximate surface area is 165 Å². The van der Waals surface area contributed by atoms with Crippen LogP contribution in [0.4, 0.5) is 4.39 Å². The predicted octanol–water partition coefficient (Wildman–Crippen LogP) is 5.18. The lowest BCUT2D eigenvalue weighted by atomic mass is 10.1. The summed E-state index contributed by atoms with van der Waals surface area (Å²) in [7, 11) is 0. The van der Waals surface area contributed by atoms with Gasteiger partial charge in [-0.2, -0.15) is 5.26 Å². The van der Waals surface area contributed by atoms with Crippen LogP contribution in [0.25, 0.3) is 11.0 Å². The van der Waals surface area contributed by atoms with Gasteiger partial charge in [0.25, 0.3) is 0 Å². The SMILES string of the molecule is N#Cc1ccc(COc2ccc3c(=O)c(Oc4ccc(F)cc4)coc3c2)cc1. The van der Waals surface area contributed by atoms with Crippen molar-refractivity contribution < 1.29 is 18.3 Å². The first-order valence-corrected chi connectivity index (χ1v) is 8.73. The molecule has 0 atom stereocenters. The molecule has 0 aliphatic heterocycles. The number of nitriles is 1. The average Bonchev–Trinajstić information content (AvgIpc) is 2.76. The molecule has 5 nitrogen and oxygen atoms in total. The second-order valence-corrected chi connectivity index (χ2v) is 6.24. The van der Waals surface area contributed by atoms with Crippen LogP contribution in [0, 0.1) is 17.1 Å². The van der Waals surface area contributed by atoms with Gasteiger partial charge in [-0.1, -0.05) is 12.1 Å². The molecule has 0 aliphatic carbocycles. The van der Waals surface area contributed by atoms with E-state index in [9.17, 15) is 9.18 Å². The summed E-state index contributed by atoms with van der Waals surface area (Å²) in [5.74, 6) is 0.490. The lowest BCUT2D eigenvalue weighted by Crippen LogP contribution is -2.05. The van der Waals surface area contributed by atoms with Gasteiger partial charge in [-0.05, 0) is 54.1 Å². The molecule has 1 heterocycles. The van der Waals surface area contributed by atoms with Crippen LogP contribution in [0.1, 0.15) is 11.1 Å². The number of hydrogen-bond acceptors (Lipinski definition) is 5. The van der Waals surface area contributed by atoms with E-state index in [4.69, 9.17) is 19.2 Å². The maximum absolute atomic E-state index is 13.0. The molecule has 4 aromatic rings. The number of benzene rings is 3. The van der Waals surface area contributed by atoms with Gasteiger partial charge in [0, 0.05) is 6.07 Å². The van der Waals surface area contributed by atoms with Crippen LogP contribution in [0.15, 0.2) is 82.2 Å². The number of halogens is 1. The molecule has 4 rings (SSSR count). The van der Waals surface area contributed by atoms with Crippen LogP contribution in [-0.2, 0) is 6.61 Å². The summed E-state index contributed by atoms with van der Waals surface area (Å²) in [4.78, 5) is 12.6. The number of hydrogen-bond donors (Lipinski definition) is 0. The van der Waals surface area contributed by atoms with Gasteiger partial charge in [-0.15, -0.1) is 0 Å². The Morgan fingerprint density at radius 1 is 0.966 bits per heavy atom. The zero-order chi connectivity index (χ0) is 20.2. The van der Waals surface area contributed by atoms with Crippen molar-refractivity contribution in [1.82, 2.24) is 0 Å². The number of ether oxygens (including phenoxy) is 2. The second kappa shape index (κ2) is 7.87. The lowest BCUT2D eigenvalue weighted by Gasteiger charge is -2.08. The van der Waals surface area contributed by atoms with Crippen molar-refractivity contribution >= 4 is 11.0 Å². The molecular formula is C23H14FNO4. The van der Waals surface area contributed by atoms with Crippen molar-refractivity contribution in [2.24, 2.45) is 0 Å². The third kappa shape index (κ3) is 4.09. The highest BCUT2D eigenvalue weighted by atomic mass is 19.1. The molecule has 0 N–H and O–H groups in total. The van der Waals surface area contributed by atoms with E-state index in [-0.39, 0.29) is 11.2 Å². The molecule has 142 valence electrons.